The highest BCUT2D eigenvalue weighted by molar-refractivity contribution is 5.76. The van der Waals surface area contributed by atoms with E-state index in [1.807, 2.05) is 6.08 Å². The zero-order valence-corrected chi connectivity index (χ0v) is 28.7. The van der Waals surface area contributed by atoms with E-state index < -0.39 is 12.1 Å². The van der Waals surface area contributed by atoms with Crippen molar-refractivity contribution in [3.05, 3.63) is 36.5 Å². The van der Waals surface area contributed by atoms with Crippen molar-refractivity contribution in [2.24, 2.45) is 0 Å². The number of nitrogens with one attached hydrogen (secondary N) is 1. The van der Waals surface area contributed by atoms with E-state index in [0.29, 0.717) is 6.42 Å². The molecular formula is C39H73NO3. The molecule has 43 heavy (non-hydrogen) atoms. The lowest BCUT2D eigenvalue weighted by atomic mass is 10.1. The van der Waals surface area contributed by atoms with Gasteiger partial charge in [0, 0.05) is 6.42 Å². The molecule has 0 aromatic carbocycles. The predicted molar refractivity (Wildman–Crippen MR) is 188 cm³/mol. The molecule has 0 aliphatic carbocycles. The monoisotopic (exact) mass is 604 g/mol. The largest absolute Gasteiger partial charge is 0.394 e. The van der Waals surface area contributed by atoms with Gasteiger partial charge in [-0.05, 0) is 57.8 Å². The molecule has 3 N–H and O–H groups in total. The Morgan fingerprint density at radius 3 is 1.35 bits per heavy atom. The molecule has 0 heterocycles. The Bertz CT molecular complexity index is 657. The van der Waals surface area contributed by atoms with Gasteiger partial charge in [0.2, 0.25) is 5.91 Å². The Morgan fingerprint density at radius 1 is 0.535 bits per heavy atom. The molecule has 4 heteroatoms. The number of allylic oxidation sites excluding steroid dienone is 5. The van der Waals surface area contributed by atoms with Crippen molar-refractivity contribution >= 4 is 5.91 Å². The van der Waals surface area contributed by atoms with E-state index in [2.05, 4.69) is 43.5 Å². The summed E-state index contributed by atoms with van der Waals surface area (Å²) < 4.78 is 0. The summed E-state index contributed by atoms with van der Waals surface area (Å²) in [5, 5.41) is 22.9. The van der Waals surface area contributed by atoms with Gasteiger partial charge in [0.15, 0.2) is 0 Å². The van der Waals surface area contributed by atoms with Crippen LogP contribution in [0.4, 0.5) is 0 Å². The maximum absolute atomic E-state index is 12.3. The topological polar surface area (TPSA) is 69.6 Å². The number of aliphatic hydroxyl groups is 2. The van der Waals surface area contributed by atoms with Crippen LogP contribution in [-0.2, 0) is 4.79 Å². The van der Waals surface area contributed by atoms with Crippen molar-refractivity contribution in [1.29, 1.82) is 0 Å². The summed E-state index contributed by atoms with van der Waals surface area (Å²) in [4.78, 5) is 12.3. The Morgan fingerprint density at radius 2 is 0.907 bits per heavy atom. The molecule has 0 rings (SSSR count). The maximum atomic E-state index is 12.3. The second-order valence-electron chi connectivity index (χ2n) is 12.6. The summed E-state index contributed by atoms with van der Waals surface area (Å²) in [5.41, 5.74) is 0. The zero-order valence-electron chi connectivity index (χ0n) is 28.7. The number of unbranched alkanes of at least 4 members (excludes halogenated alkanes) is 22. The van der Waals surface area contributed by atoms with Crippen molar-refractivity contribution < 1.29 is 15.0 Å². The predicted octanol–water partition coefficient (Wildman–Crippen LogP) is 11.1. The van der Waals surface area contributed by atoms with E-state index >= 15 is 0 Å². The Balaban J connectivity index is 3.69. The number of carbonyl (C=O) groups excluding carboxylic acids is 1. The summed E-state index contributed by atoms with van der Waals surface area (Å²) in [5.74, 6) is -0.0842. The second-order valence-corrected chi connectivity index (χ2v) is 12.6. The highest BCUT2D eigenvalue weighted by Crippen LogP contribution is 2.12. The maximum Gasteiger partial charge on any atom is 0.220 e. The van der Waals surface area contributed by atoms with Gasteiger partial charge < -0.3 is 15.5 Å². The molecular weight excluding hydrogens is 530 g/mol. The molecule has 2 atom stereocenters. The van der Waals surface area contributed by atoms with Crippen LogP contribution in [0.15, 0.2) is 36.5 Å². The Hall–Kier alpha value is -1.39. The lowest BCUT2D eigenvalue weighted by molar-refractivity contribution is -0.123. The lowest BCUT2D eigenvalue weighted by Crippen LogP contribution is -2.45. The third-order valence-corrected chi connectivity index (χ3v) is 8.35. The van der Waals surface area contributed by atoms with Crippen LogP contribution in [0.25, 0.3) is 0 Å². The molecule has 0 aromatic rings. The van der Waals surface area contributed by atoms with Crippen LogP contribution in [-0.4, -0.2) is 34.9 Å². The molecule has 0 aromatic heterocycles. The third-order valence-electron chi connectivity index (χ3n) is 8.35. The summed E-state index contributed by atoms with van der Waals surface area (Å²) in [6.07, 6.45) is 45.1. The van der Waals surface area contributed by atoms with Crippen LogP contribution in [0, 0.1) is 0 Å². The fourth-order valence-electron chi connectivity index (χ4n) is 5.42. The Kier molecular flexibility index (Phi) is 34.0. The molecule has 252 valence electrons. The lowest BCUT2D eigenvalue weighted by Gasteiger charge is -2.19. The molecule has 0 spiro atoms. The van der Waals surface area contributed by atoms with Crippen LogP contribution >= 0.6 is 0 Å². The molecule has 0 fully saturated rings. The first-order valence-electron chi connectivity index (χ1n) is 18.7. The summed E-state index contributed by atoms with van der Waals surface area (Å²) in [6.45, 7) is 4.27. The minimum absolute atomic E-state index is 0.0842. The van der Waals surface area contributed by atoms with Gasteiger partial charge in [0.25, 0.3) is 0 Å². The third kappa shape index (κ3) is 31.8. The van der Waals surface area contributed by atoms with Gasteiger partial charge in [-0.25, -0.2) is 0 Å². The molecule has 0 aliphatic heterocycles. The zero-order chi connectivity index (χ0) is 31.5. The van der Waals surface area contributed by atoms with Crippen LogP contribution < -0.4 is 5.32 Å². The van der Waals surface area contributed by atoms with Gasteiger partial charge in [-0.2, -0.15) is 0 Å². The van der Waals surface area contributed by atoms with E-state index in [0.717, 1.165) is 44.9 Å². The molecule has 0 aliphatic rings. The Labute approximate surface area is 268 Å². The van der Waals surface area contributed by atoms with Crippen molar-refractivity contribution in [2.75, 3.05) is 6.61 Å². The standard InChI is InChI=1S/C39H73NO3/c1-3-5-7-9-11-13-15-17-19-21-22-24-26-28-30-32-34-38(42)37(36-41)40-39(43)35-33-31-29-27-25-23-20-18-16-14-12-10-8-6-4-2/h18,20,24,26,32,34,37-38,41-42H,3-17,19,21-23,25,27-31,33,35-36H2,1-2H3,(H,40,43)/b20-18+,26-24+,34-32+/t37-,38+/m0/s1. The highest BCUT2D eigenvalue weighted by atomic mass is 16.3. The van der Waals surface area contributed by atoms with Gasteiger partial charge in [-0.15, -0.1) is 0 Å². The van der Waals surface area contributed by atoms with Crippen molar-refractivity contribution in [3.8, 4) is 0 Å². The summed E-state index contributed by atoms with van der Waals surface area (Å²) in [7, 11) is 0. The van der Waals surface area contributed by atoms with Crippen LogP contribution in [0.5, 0.6) is 0 Å². The fourth-order valence-corrected chi connectivity index (χ4v) is 5.42. The second kappa shape index (κ2) is 35.1. The van der Waals surface area contributed by atoms with Gasteiger partial charge in [-0.1, -0.05) is 159 Å². The first kappa shape index (κ1) is 41.6. The average Bonchev–Trinajstić information content (AvgIpc) is 3.01. The highest BCUT2D eigenvalue weighted by Gasteiger charge is 2.17. The summed E-state index contributed by atoms with van der Waals surface area (Å²) in [6, 6.07) is -0.640. The number of amides is 1. The number of aliphatic hydroxyl groups excluding tert-OH is 2. The normalized spacial score (nSPS) is 13.5. The molecule has 0 saturated carbocycles. The van der Waals surface area contributed by atoms with E-state index in [-0.39, 0.29) is 12.5 Å². The van der Waals surface area contributed by atoms with E-state index in [4.69, 9.17) is 0 Å². The van der Waals surface area contributed by atoms with Crippen molar-refractivity contribution in [1.82, 2.24) is 5.32 Å². The first-order chi connectivity index (χ1) is 21.2. The average molecular weight is 604 g/mol. The number of rotatable bonds is 33. The van der Waals surface area contributed by atoms with Crippen molar-refractivity contribution in [3.63, 3.8) is 0 Å². The smallest absolute Gasteiger partial charge is 0.220 e. The molecule has 0 unspecified atom stereocenters. The molecule has 1 amide bonds. The first-order valence-corrected chi connectivity index (χ1v) is 18.7. The number of hydrogen-bond acceptors (Lipinski definition) is 3. The minimum atomic E-state index is -0.862. The van der Waals surface area contributed by atoms with Crippen LogP contribution in [0.2, 0.25) is 0 Å². The van der Waals surface area contributed by atoms with E-state index in [1.165, 1.54) is 122 Å². The molecule has 4 nitrogen and oxygen atoms in total. The quantitative estimate of drug-likeness (QED) is 0.0516. The molecule has 0 saturated heterocycles. The molecule has 0 bridgehead atoms. The molecule has 0 radical (unpaired) electrons. The fraction of sp³-hybridized carbons (Fsp3) is 0.821. The van der Waals surface area contributed by atoms with E-state index in [1.54, 1.807) is 6.08 Å². The summed E-state index contributed by atoms with van der Waals surface area (Å²) >= 11 is 0. The van der Waals surface area contributed by atoms with Gasteiger partial charge in [0.1, 0.15) is 0 Å². The van der Waals surface area contributed by atoms with E-state index in [9.17, 15) is 15.0 Å². The van der Waals surface area contributed by atoms with Crippen LogP contribution in [0.3, 0.4) is 0 Å². The SMILES string of the molecule is CCCCCCCC/C=C/CCCCCCCC(=O)N[C@@H](CO)[C@H](O)/C=C/CC/C=C/CCCCCCCCCCCC. The van der Waals surface area contributed by atoms with Crippen molar-refractivity contribution in [2.45, 2.75) is 199 Å². The van der Waals surface area contributed by atoms with Gasteiger partial charge >= 0.3 is 0 Å². The number of carbonyl (C=O) groups is 1. The van der Waals surface area contributed by atoms with Gasteiger partial charge in [0.05, 0.1) is 18.8 Å². The minimum Gasteiger partial charge on any atom is -0.394 e. The van der Waals surface area contributed by atoms with Crippen LogP contribution in [0.1, 0.15) is 187 Å². The number of hydrogen-bond donors (Lipinski definition) is 3. The van der Waals surface area contributed by atoms with Gasteiger partial charge in [-0.3, -0.25) is 4.79 Å².